The molecule has 7 heteroatoms. The third kappa shape index (κ3) is 2.53. The topological polar surface area (TPSA) is 62.0 Å². The Hall–Kier alpha value is -3.19. The van der Waals surface area contributed by atoms with Gasteiger partial charge in [0.25, 0.3) is 0 Å². The van der Waals surface area contributed by atoms with E-state index in [-0.39, 0.29) is 5.82 Å². The van der Waals surface area contributed by atoms with Crippen LogP contribution in [-0.2, 0) is 0 Å². The van der Waals surface area contributed by atoms with Crippen molar-refractivity contribution in [2.45, 2.75) is 0 Å². The van der Waals surface area contributed by atoms with Gasteiger partial charge in [0.2, 0.25) is 0 Å². The Morgan fingerprint density at radius 1 is 1.00 bits per heavy atom. The molecule has 0 radical (unpaired) electrons. The molecule has 26 heavy (non-hydrogen) atoms. The predicted molar refractivity (Wildman–Crippen MR) is 103 cm³/mol. The van der Waals surface area contributed by atoms with Crippen molar-refractivity contribution in [1.82, 2.24) is 4.98 Å². The highest BCUT2D eigenvalue weighted by molar-refractivity contribution is 7.09. The van der Waals surface area contributed by atoms with Crippen LogP contribution in [0.4, 0.5) is 15.9 Å². The molecule has 0 saturated carbocycles. The molecular weight excluding hydrogens is 349 g/mol. The number of halogens is 1. The van der Waals surface area contributed by atoms with Crippen LogP contribution in [0.3, 0.4) is 0 Å². The fourth-order valence-corrected chi connectivity index (χ4v) is 3.90. The first-order valence-corrected chi connectivity index (χ1v) is 8.98. The van der Waals surface area contributed by atoms with Crippen LogP contribution in [-0.4, -0.2) is 17.2 Å². The van der Waals surface area contributed by atoms with E-state index in [4.69, 9.17) is 4.98 Å². The molecule has 1 aliphatic rings. The summed E-state index contributed by atoms with van der Waals surface area (Å²) in [5, 5.41) is 22.3. The molecule has 0 atom stereocenters. The van der Waals surface area contributed by atoms with Crippen LogP contribution in [0.1, 0.15) is 5.56 Å². The molecule has 126 valence electrons. The molecule has 0 amide bonds. The number of aromatic nitrogens is 1. The summed E-state index contributed by atoms with van der Waals surface area (Å²) >= 11 is 1.62. The minimum Gasteiger partial charge on any atom is -0.340 e. The van der Waals surface area contributed by atoms with Crippen molar-refractivity contribution in [2.24, 2.45) is 15.4 Å². The summed E-state index contributed by atoms with van der Waals surface area (Å²) in [6.07, 6.45) is 0. The minimum absolute atomic E-state index is 0.286. The van der Waals surface area contributed by atoms with Crippen molar-refractivity contribution < 1.29 is 4.39 Å². The van der Waals surface area contributed by atoms with Crippen molar-refractivity contribution in [2.75, 3.05) is 11.9 Å². The van der Waals surface area contributed by atoms with Crippen LogP contribution < -0.4 is 5.32 Å². The Kier molecular flexibility index (Phi) is 3.46. The van der Waals surface area contributed by atoms with Gasteiger partial charge in [-0.3, -0.25) is 0 Å². The van der Waals surface area contributed by atoms with Crippen molar-refractivity contribution in [1.29, 1.82) is 0 Å². The van der Waals surface area contributed by atoms with Crippen LogP contribution >= 0.6 is 11.3 Å². The summed E-state index contributed by atoms with van der Waals surface area (Å²) in [6, 6.07) is 12.4. The Morgan fingerprint density at radius 2 is 1.92 bits per heavy atom. The highest BCUT2D eigenvalue weighted by Gasteiger charge is 2.13. The second-order valence-corrected chi connectivity index (χ2v) is 6.71. The lowest BCUT2D eigenvalue weighted by Gasteiger charge is -2.10. The number of benzene rings is 2. The average molecular weight is 361 g/mol. The van der Waals surface area contributed by atoms with E-state index >= 15 is 0 Å². The highest BCUT2D eigenvalue weighted by Crippen LogP contribution is 2.34. The van der Waals surface area contributed by atoms with Gasteiger partial charge in [0.05, 0.1) is 11.2 Å². The minimum atomic E-state index is -0.286. The summed E-state index contributed by atoms with van der Waals surface area (Å²) in [5.74, 6) is 0.422. The molecule has 2 aromatic heterocycles. The van der Waals surface area contributed by atoms with Gasteiger partial charge >= 0.3 is 0 Å². The summed E-state index contributed by atoms with van der Waals surface area (Å²) in [4.78, 5) is 4.79. The first-order chi connectivity index (χ1) is 12.8. The molecular formula is C19H12FN5S. The van der Waals surface area contributed by atoms with Crippen molar-refractivity contribution in [3.63, 3.8) is 0 Å². The number of rotatable bonds is 3. The van der Waals surface area contributed by atoms with Crippen LogP contribution in [0, 0.1) is 5.82 Å². The van der Waals surface area contributed by atoms with E-state index in [1.807, 2.05) is 18.2 Å². The monoisotopic (exact) mass is 361 g/mol. The van der Waals surface area contributed by atoms with Gasteiger partial charge in [-0.05, 0) is 34.9 Å². The predicted octanol–water partition coefficient (Wildman–Crippen LogP) is 5.50. The first kappa shape index (κ1) is 15.1. The van der Waals surface area contributed by atoms with E-state index in [1.54, 1.807) is 17.4 Å². The summed E-state index contributed by atoms with van der Waals surface area (Å²) in [7, 11) is 0. The standard InChI is InChI=1S/C19H12FN5S/c20-12-2-1-3-13(7-12)22-19-16-10-26-9-15(16)14-5-4-11(6-17(14)23-19)18-8-21-25-24-18/h1-7,9-10H,8H2,(H,22,23). The van der Waals surface area contributed by atoms with E-state index in [0.29, 0.717) is 18.1 Å². The number of hydrogen-bond donors (Lipinski definition) is 1. The molecule has 0 spiro atoms. The number of thiophene rings is 1. The smallest absolute Gasteiger partial charge is 0.139 e. The molecule has 1 aliphatic heterocycles. The molecule has 1 N–H and O–H groups in total. The third-order valence-electron chi connectivity index (χ3n) is 4.31. The van der Waals surface area contributed by atoms with Gasteiger partial charge in [-0.2, -0.15) is 16.5 Å². The summed E-state index contributed by atoms with van der Waals surface area (Å²) in [5.41, 5.74) is 3.31. The van der Waals surface area contributed by atoms with Gasteiger partial charge in [0.1, 0.15) is 18.2 Å². The van der Waals surface area contributed by atoms with E-state index < -0.39 is 0 Å². The van der Waals surface area contributed by atoms with Crippen LogP contribution in [0.25, 0.3) is 21.7 Å². The maximum Gasteiger partial charge on any atom is 0.139 e. The number of nitrogens with one attached hydrogen (secondary N) is 1. The Labute approximate surface area is 151 Å². The molecule has 0 bridgehead atoms. The van der Waals surface area contributed by atoms with Gasteiger partial charge < -0.3 is 5.32 Å². The van der Waals surface area contributed by atoms with Gasteiger partial charge in [0.15, 0.2) is 0 Å². The molecule has 0 aliphatic carbocycles. The van der Waals surface area contributed by atoms with Gasteiger partial charge in [-0.25, -0.2) is 9.37 Å². The molecule has 3 heterocycles. The Morgan fingerprint density at radius 3 is 2.77 bits per heavy atom. The van der Waals surface area contributed by atoms with E-state index in [9.17, 15) is 4.39 Å². The number of pyridine rings is 1. The lowest BCUT2D eigenvalue weighted by molar-refractivity contribution is 0.628. The Balaban J connectivity index is 1.67. The van der Waals surface area contributed by atoms with Crippen molar-refractivity contribution in [3.8, 4) is 0 Å². The zero-order chi connectivity index (χ0) is 17.5. The number of fused-ring (bicyclic) bond motifs is 3. The van der Waals surface area contributed by atoms with Crippen molar-refractivity contribution >= 4 is 50.2 Å². The van der Waals surface area contributed by atoms with Gasteiger partial charge in [0, 0.05) is 32.8 Å². The second kappa shape index (κ2) is 5.96. The Bertz CT molecular complexity index is 1210. The summed E-state index contributed by atoms with van der Waals surface area (Å²) < 4.78 is 13.5. The van der Waals surface area contributed by atoms with Crippen LogP contribution in [0.5, 0.6) is 0 Å². The fourth-order valence-electron chi connectivity index (χ4n) is 3.06. The first-order valence-electron chi connectivity index (χ1n) is 8.04. The quantitative estimate of drug-likeness (QED) is 0.523. The highest BCUT2D eigenvalue weighted by atomic mass is 32.1. The molecule has 0 unspecified atom stereocenters. The third-order valence-corrected chi connectivity index (χ3v) is 5.05. The van der Waals surface area contributed by atoms with E-state index in [0.717, 1.165) is 33.0 Å². The fraction of sp³-hybridized carbons (Fsp3) is 0.0526. The zero-order valence-electron chi connectivity index (χ0n) is 13.5. The molecule has 2 aromatic carbocycles. The average Bonchev–Trinajstić information content (AvgIpc) is 3.33. The normalized spacial score (nSPS) is 13.5. The SMILES string of the molecule is Fc1cccc(Nc2nc3cc(C4=NN=NC4)ccc3c3cscc23)c1. The maximum atomic E-state index is 13.5. The van der Waals surface area contributed by atoms with Gasteiger partial charge in [-0.15, -0.1) is 5.10 Å². The van der Waals surface area contributed by atoms with Crippen LogP contribution in [0.15, 0.2) is 68.7 Å². The lowest BCUT2D eigenvalue weighted by atomic mass is 10.0. The van der Waals surface area contributed by atoms with Gasteiger partial charge in [-0.1, -0.05) is 18.2 Å². The van der Waals surface area contributed by atoms with E-state index in [2.05, 4.69) is 37.6 Å². The molecule has 0 fully saturated rings. The number of anilines is 2. The molecule has 5 rings (SSSR count). The molecule has 4 aromatic rings. The van der Waals surface area contributed by atoms with E-state index in [1.165, 1.54) is 12.1 Å². The summed E-state index contributed by atoms with van der Waals surface area (Å²) in [6.45, 7) is 0.487. The maximum absolute atomic E-state index is 13.5. The zero-order valence-corrected chi connectivity index (χ0v) is 14.3. The number of nitrogens with zero attached hydrogens (tertiary/aromatic N) is 4. The second-order valence-electron chi connectivity index (χ2n) is 5.96. The van der Waals surface area contributed by atoms with Crippen molar-refractivity contribution in [3.05, 3.63) is 64.6 Å². The van der Waals surface area contributed by atoms with Crippen LogP contribution in [0.2, 0.25) is 0 Å². The lowest BCUT2D eigenvalue weighted by Crippen LogP contribution is -2.02. The molecule has 5 nitrogen and oxygen atoms in total. The number of hydrogen-bond acceptors (Lipinski definition) is 6. The molecule has 0 saturated heterocycles. The largest absolute Gasteiger partial charge is 0.340 e.